The Bertz CT molecular complexity index is 1590. The Morgan fingerprint density at radius 3 is 2.56 bits per heavy atom. The molecule has 11 nitrogen and oxygen atoms in total. The first kappa shape index (κ1) is 29.9. The number of hydrogen-bond acceptors (Lipinski definition) is 8. The SMILES string of the molecule is Cc1cc(Nc2nccn3c(-c4ccc(OC(F)F)cc4)cnc23)ccc1C(=O)N1CCC(C(=O)NCC(O)CN)CC1. The van der Waals surface area contributed by atoms with Gasteiger partial charge in [0.15, 0.2) is 11.5 Å². The third kappa shape index (κ3) is 6.89. The van der Waals surface area contributed by atoms with Crippen molar-refractivity contribution in [3.05, 3.63) is 72.2 Å². The van der Waals surface area contributed by atoms with E-state index < -0.39 is 12.7 Å². The number of amides is 2. The van der Waals surface area contributed by atoms with E-state index in [9.17, 15) is 23.5 Å². The van der Waals surface area contributed by atoms with Gasteiger partial charge < -0.3 is 31.1 Å². The Balaban J connectivity index is 1.24. The van der Waals surface area contributed by atoms with Gasteiger partial charge in [-0.3, -0.25) is 14.0 Å². The van der Waals surface area contributed by atoms with Crippen LogP contribution in [0.5, 0.6) is 5.75 Å². The highest BCUT2D eigenvalue weighted by molar-refractivity contribution is 5.96. The zero-order valence-corrected chi connectivity index (χ0v) is 23.5. The standard InChI is InChI=1S/C30H33F2N7O4/c1-18-14-21(4-7-24(18)29(42)38-11-8-20(9-12-38)28(41)36-16-22(40)15-33)37-26-27-35-17-25(39(27)13-10-34-26)19-2-5-23(6-3-19)43-30(31)32/h2-7,10,13-14,17,20,22,30,40H,8-9,11-12,15-16,33H2,1H3,(H,34,37)(H,36,41). The van der Waals surface area contributed by atoms with E-state index >= 15 is 0 Å². The number of aryl methyl sites for hydroxylation is 1. The minimum atomic E-state index is -2.89. The van der Waals surface area contributed by atoms with Crippen LogP contribution in [0.2, 0.25) is 0 Å². The van der Waals surface area contributed by atoms with Crippen LogP contribution >= 0.6 is 0 Å². The first-order valence-electron chi connectivity index (χ1n) is 13.9. The fraction of sp³-hybridized carbons (Fsp3) is 0.333. The van der Waals surface area contributed by atoms with E-state index in [2.05, 4.69) is 25.3 Å². The predicted octanol–water partition coefficient (Wildman–Crippen LogP) is 3.34. The molecule has 1 aliphatic rings. The fourth-order valence-electron chi connectivity index (χ4n) is 5.11. The molecule has 13 heteroatoms. The molecular formula is C30H33F2N7O4. The second-order valence-corrected chi connectivity index (χ2v) is 10.4. The number of halogens is 2. The van der Waals surface area contributed by atoms with Crippen LogP contribution in [0.3, 0.4) is 0 Å². The number of piperidine rings is 1. The number of ether oxygens (including phenoxy) is 1. The number of nitrogens with two attached hydrogens (primary N) is 1. The van der Waals surface area contributed by atoms with Crippen molar-refractivity contribution in [2.75, 3.05) is 31.5 Å². The summed E-state index contributed by atoms with van der Waals surface area (Å²) >= 11 is 0. The summed E-state index contributed by atoms with van der Waals surface area (Å²) in [4.78, 5) is 36.4. The zero-order valence-electron chi connectivity index (χ0n) is 23.5. The van der Waals surface area contributed by atoms with Crippen molar-refractivity contribution in [2.24, 2.45) is 11.7 Å². The molecule has 4 aromatic rings. The number of anilines is 2. The molecule has 1 aliphatic heterocycles. The number of benzene rings is 2. The van der Waals surface area contributed by atoms with Crippen molar-refractivity contribution in [1.29, 1.82) is 0 Å². The molecule has 1 saturated heterocycles. The number of aromatic nitrogens is 3. The Morgan fingerprint density at radius 1 is 1.14 bits per heavy atom. The molecule has 226 valence electrons. The van der Waals surface area contributed by atoms with Gasteiger partial charge in [0.25, 0.3) is 5.91 Å². The molecule has 2 aromatic carbocycles. The topological polar surface area (TPSA) is 147 Å². The normalized spacial score (nSPS) is 14.6. The Kier molecular flexibility index (Phi) is 9.12. The maximum atomic E-state index is 13.3. The van der Waals surface area contributed by atoms with Crippen molar-refractivity contribution in [2.45, 2.75) is 32.5 Å². The number of likely N-dealkylation sites (tertiary alicyclic amines) is 1. The molecule has 0 radical (unpaired) electrons. The van der Waals surface area contributed by atoms with Gasteiger partial charge in [-0.1, -0.05) is 0 Å². The second kappa shape index (κ2) is 13.1. The summed E-state index contributed by atoms with van der Waals surface area (Å²) in [5.41, 5.74) is 9.54. The van der Waals surface area contributed by atoms with Gasteiger partial charge in [-0.05, 0) is 67.8 Å². The Labute approximate surface area is 246 Å². The number of hydrogen-bond donors (Lipinski definition) is 4. The largest absolute Gasteiger partial charge is 0.435 e. The molecule has 0 saturated carbocycles. The van der Waals surface area contributed by atoms with Crippen molar-refractivity contribution < 1.29 is 28.2 Å². The molecule has 5 rings (SSSR count). The van der Waals surface area contributed by atoms with Gasteiger partial charge in [-0.25, -0.2) is 9.97 Å². The highest BCUT2D eigenvalue weighted by atomic mass is 19.3. The molecule has 0 bridgehead atoms. The lowest BCUT2D eigenvalue weighted by atomic mass is 9.95. The van der Waals surface area contributed by atoms with E-state index in [1.165, 1.54) is 12.1 Å². The zero-order chi connectivity index (χ0) is 30.5. The van der Waals surface area contributed by atoms with Crippen molar-refractivity contribution >= 4 is 29.0 Å². The third-order valence-corrected chi connectivity index (χ3v) is 7.46. The van der Waals surface area contributed by atoms with Gasteiger partial charge in [-0.2, -0.15) is 8.78 Å². The van der Waals surface area contributed by atoms with E-state index in [4.69, 9.17) is 5.73 Å². The van der Waals surface area contributed by atoms with E-state index in [-0.39, 0.29) is 36.6 Å². The molecule has 0 aliphatic carbocycles. The number of fused-ring (bicyclic) bond motifs is 1. The minimum Gasteiger partial charge on any atom is -0.435 e. The lowest BCUT2D eigenvalue weighted by molar-refractivity contribution is -0.126. The van der Waals surface area contributed by atoms with E-state index in [1.54, 1.807) is 47.8 Å². The Morgan fingerprint density at radius 2 is 1.88 bits per heavy atom. The number of rotatable bonds is 10. The average Bonchev–Trinajstić information content (AvgIpc) is 3.45. The van der Waals surface area contributed by atoms with Crippen LogP contribution in [0.25, 0.3) is 16.9 Å². The average molecular weight is 594 g/mol. The van der Waals surface area contributed by atoms with E-state index in [0.29, 0.717) is 43.0 Å². The van der Waals surface area contributed by atoms with Crippen LogP contribution in [0.15, 0.2) is 61.1 Å². The maximum absolute atomic E-state index is 13.3. The van der Waals surface area contributed by atoms with Crippen LogP contribution in [0.4, 0.5) is 20.3 Å². The molecule has 3 heterocycles. The molecule has 1 atom stereocenters. The first-order chi connectivity index (χ1) is 20.7. The third-order valence-electron chi connectivity index (χ3n) is 7.46. The van der Waals surface area contributed by atoms with Crippen molar-refractivity contribution in [3.63, 3.8) is 0 Å². The fourth-order valence-corrected chi connectivity index (χ4v) is 5.11. The molecule has 2 amide bonds. The van der Waals surface area contributed by atoms with Gasteiger partial charge >= 0.3 is 6.61 Å². The van der Waals surface area contributed by atoms with Gasteiger partial charge in [0, 0.05) is 61.3 Å². The number of nitrogens with one attached hydrogen (secondary N) is 2. The smallest absolute Gasteiger partial charge is 0.387 e. The molecule has 0 spiro atoms. The summed E-state index contributed by atoms with van der Waals surface area (Å²) < 4.78 is 31.3. The van der Waals surface area contributed by atoms with Crippen LogP contribution in [0, 0.1) is 12.8 Å². The summed E-state index contributed by atoms with van der Waals surface area (Å²) in [6, 6.07) is 11.8. The van der Waals surface area contributed by atoms with Crippen LogP contribution in [-0.4, -0.2) is 75.1 Å². The lowest BCUT2D eigenvalue weighted by Crippen LogP contribution is -2.45. The predicted molar refractivity (Wildman–Crippen MR) is 156 cm³/mol. The molecule has 1 unspecified atom stereocenters. The quantitative estimate of drug-likeness (QED) is 0.219. The second-order valence-electron chi connectivity index (χ2n) is 10.4. The Hall–Kier alpha value is -4.62. The maximum Gasteiger partial charge on any atom is 0.387 e. The van der Waals surface area contributed by atoms with Crippen LogP contribution < -0.4 is 21.1 Å². The number of carbonyl (C=O) groups is 2. The summed E-state index contributed by atoms with van der Waals surface area (Å²) in [7, 11) is 0. The van der Waals surface area contributed by atoms with Gasteiger partial charge in [0.05, 0.1) is 18.0 Å². The number of nitrogens with zero attached hydrogens (tertiary/aromatic N) is 4. The number of alkyl halides is 2. The summed E-state index contributed by atoms with van der Waals surface area (Å²) in [6.07, 6.45) is 5.39. The van der Waals surface area contributed by atoms with Gasteiger partial charge in [0.2, 0.25) is 5.91 Å². The number of aliphatic hydroxyl groups excluding tert-OH is 1. The first-order valence-corrected chi connectivity index (χ1v) is 13.9. The van der Waals surface area contributed by atoms with E-state index in [0.717, 1.165) is 22.5 Å². The highest BCUT2D eigenvalue weighted by Crippen LogP contribution is 2.28. The molecule has 43 heavy (non-hydrogen) atoms. The molecular weight excluding hydrogens is 560 g/mol. The van der Waals surface area contributed by atoms with Gasteiger partial charge in [-0.15, -0.1) is 0 Å². The van der Waals surface area contributed by atoms with Crippen LogP contribution in [0.1, 0.15) is 28.8 Å². The van der Waals surface area contributed by atoms with Crippen LogP contribution in [-0.2, 0) is 4.79 Å². The van der Waals surface area contributed by atoms with Gasteiger partial charge in [0.1, 0.15) is 5.75 Å². The molecule has 5 N–H and O–H groups in total. The van der Waals surface area contributed by atoms with E-state index in [1.807, 2.05) is 17.4 Å². The van der Waals surface area contributed by atoms with Crippen molar-refractivity contribution in [3.8, 4) is 17.0 Å². The number of imidazole rings is 1. The lowest BCUT2D eigenvalue weighted by Gasteiger charge is -2.32. The molecule has 2 aromatic heterocycles. The monoisotopic (exact) mass is 593 g/mol. The van der Waals surface area contributed by atoms with Crippen molar-refractivity contribution in [1.82, 2.24) is 24.6 Å². The summed E-state index contributed by atoms with van der Waals surface area (Å²) in [6.45, 7) is 0.105. The number of aliphatic hydroxyl groups is 1. The molecule has 1 fully saturated rings. The number of carbonyl (C=O) groups excluding carboxylic acids is 2. The minimum absolute atomic E-state index is 0.0707. The summed E-state index contributed by atoms with van der Waals surface area (Å²) in [5, 5.41) is 15.6. The highest BCUT2D eigenvalue weighted by Gasteiger charge is 2.28. The summed E-state index contributed by atoms with van der Waals surface area (Å²) in [5.74, 6) is 0.144.